The maximum atomic E-state index is 9.43. The van der Waals surface area contributed by atoms with E-state index in [-0.39, 0.29) is 18.7 Å². The summed E-state index contributed by atoms with van der Waals surface area (Å²) in [5.41, 5.74) is 6.12. The van der Waals surface area contributed by atoms with Gasteiger partial charge in [-0.05, 0) is 13.0 Å². The Morgan fingerprint density at radius 2 is 1.73 bits per heavy atom. The second kappa shape index (κ2) is 5.80. The Balaban J connectivity index is 2.51. The third-order valence-corrected chi connectivity index (χ3v) is 3.41. The van der Waals surface area contributed by atoms with Gasteiger partial charge in [-0.15, -0.1) is 0 Å². The Morgan fingerprint density at radius 3 is 2.13 bits per heavy atom. The van der Waals surface area contributed by atoms with Crippen molar-refractivity contribution < 1.29 is 5.11 Å². The number of rotatable bonds is 4. The molecule has 1 saturated heterocycles. The Kier molecular flexibility index (Phi) is 4.99. The molecule has 0 aromatic carbocycles. The topological polar surface area (TPSA) is 52.7 Å². The van der Waals surface area contributed by atoms with Crippen LogP contribution in [-0.4, -0.2) is 66.8 Å². The molecule has 0 aromatic heterocycles. The molecule has 15 heavy (non-hydrogen) atoms. The third-order valence-electron chi connectivity index (χ3n) is 3.41. The average Bonchev–Trinajstić information content (AvgIpc) is 2.21. The van der Waals surface area contributed by atoms with Gasteiger partial charge in [-0.25, -0.2) is 0 Å². The van der Waals surface area contributed by atoms with E-state index in [1.165, 1.54) is 0 Å². The molecule has 1 heterocycles. The molecule has 3 N–H and O–H groups in total. The molecule has 0 bridgehead atoms. The molecule has 1 aliphatic rings. The first-order chi connectivity index (χ1) is 7.06. The van der Waals surface area contributed by atoms with Crippen molar-refractivity contribution in [1.29, 1.82) is 0 Å². The molecule has 4 nitrogen and oxygen atoms in total. The Hall–Kier alpha value is -0.160. The molecule has 2 atom stereocenters. The molecule has 2 unspecified atom stereocenters. The van der Waals surface area contributed by atoms with E-state index in [1.54, 1.807) is 0 Å². The van der Waals surface area contributed by atoms with Gasteiger partial charge in [-0.2, -0.15) is 0 Å². The van der Waals surface area contributed by atoms with Gasteiger partial charge in [0.05, 0.1) is 6.61 Å². The van der Waals surface area contributed by atoms with Crippen LogP contribution in [0.1, 0.15) is 13.8 Å². The van der Waals surface area contributed by atoms with Gasteiger partial charge in [0.15, 0.2) is 0 Å². The predicted molar refractivity (Wildman–Crippen MR) is 62.8 cm³/mol. The molecule has 0 amide bonds. The number of hydrogen-bond acceptors (Lipinski definition) is 4. The lowest BCUT2D eigenvalue weighted by Crippen LogP contribution is -2.57. The summed E-state index contributed by atoms with van der Waals surface area (Å²) in [6.07, 6.45) is 0. The third kappa shape index (κ3) is 3.41. The van der Waals surface area contributed by atoms with Gasteiger partial charge in [0.1, 0.15) is 0 Å². The van der Waals surface area contributed by atoms with Crippen molar-refractivity contribution in [2.45, 2.75) is 25.9 Å². The van der Waals surface area contributed by atoms with Gasteiger partial charge in [0, 0.05) is 38.3 Å². The minimum atomic E-state index is 0.0680. The lowest BCUT2D eigenvalue weighted by atomic mass is 9.96. The van der Waals surface area contributed by atoms with E-state index in [1.807, 2.05) is 0 Å². The molecule has 4 heteroatoms. The molecule has 0 saturated carbocycles. The Bertz CT molecular complexity index is 179. The van der Waals surface area contributed by atoms with E-state index in [9.17, 15) is 5.11 Å². The van der Waals surface area contributed by atoms with Gasteiger partial charge < -0.3 is 15.7 Å². The van der Waals surface area contributed by atoms with Crippen molar-refractivity contribution in [3.05, 3.63) is 0 Å². The number of nitrogens with two attached hydrogens (primary N) is 1. The van der Waals surface area contributed by atoms with Crippen LogP contribution in [0.4, 0.5) is 0 Å². The number of aliphatic hydroxyl groups excluding tert-OH is 1. The monoisotopic (exact) mass is 215 g/mol. The second-order valence-corrected chi connectivity index (χ2v) is 4.91. The fourth-order valence-corrected chi connectivity index (χ4v) is 2.08. The van der Waals surface area contributed by atoms with Gasteiger partial charge in [-0.1, -0.05) is 13.8 Å². The van der Waals surface area contributed by atoms with Gasteiger partial charge in [-0.3, -0.25) is 4.90 Å². The summed E-state index contributed by atoms with van der Waals surface area (Å²) in [6.45, 7) is 8.57. The quantitative estimate of drug-likeness (QED) is 0.669. The summed E-state index contributed by atoms with van der Waals surface area (Å²) in [5.74, 6) is 0.418. The van der Waals surface area contributed by atoms with E-state index in [0.717, 1.165) is 26.2 Å². The number of hydrogen-bond donors (Lipinski definition) is 2. The standard InChI is InChI=1S/C11H25N3O/c1-9(2)11(12)10(8-15)14-6-4-13(3)5-7-14/h9-11,15H,4-8,12H2,1-3H3. The van der Waals surface area contributed by atoms with E-state index in [0.29, 0.717) is 5.92 Å². The molecule has 0 spiro atoms. The van der Waals surface area contributed by atoms with Gasteiger partial charge in [0.25, 0.3) is 0 Å². The maximum absolute atomic E-state index is 9.43. The van der Waals surface area contributed by atoms with Crippen LogP contribution in [0.15, 0.2) is 0 Å². The van der Waals surface area contributed by atoms with Crippen LogP contribution in [0, 0.1) is 5.92 Å². The molecule has 0 aromatic rings. The summed E-state index contributed by atoms with van der Waals surface area (Å²) >= 11 is 0. The maximum Gasteiger partial charge on any atom is 0.0602 e. The van der Waals surface area contributed by atoms with Crippen molar-refractivity contribution in [2.24, 2.45) is 11.7 Å². The van der Waals surface area contributed by atoms with Crippen LogP contribution >= 0.6 is 0 Å². The molecule has 90 valence electrons. The second-order valence-electron chi connectivity index (χ2n) is 4.91. The number of aliphatic hydroxyl groups is 1. The van der Waals surface area contributed by atoms with Crippen molar-refractivity contribution in [2.75, 3.05) is 39.8 Å². The Morgan fingerprint density at radius 1 is 1.20 bits per heavy atom. The summed E-state index contributed by atoms with van der Waals surface area (Å²) in [6, 6.07) is 0.192. The van der Waals surface area contributed by atoms with E-state index >= 15 is 0 Å². The van der Waals surface area contributed by atoms with Crippen LogP contribution in [0.5, 0.6) is 0 Å². The highest BCUT2D eigenvalue weighted by atomic mass is 16.3. The lowest BCUT2D eigenvalue weighted by Gasteiger charge is -2.40. The van der Waals surface area contributed by atoms with Crippen LogP contribution in [0.2, 0.25) is 0 Å². The zero-order valence-corrected chi connectivity index (χ0v) is 10.2. The molecule has 1 aliphatic heterocycles. The van der Waals surface area contributed by atoms with Crippen LogP contribution in [0.25, 0.3) is 0 Å². The van der Waals surface area contributed by atoms with E-state index in [4.69, 9.17) is 5.73 Å². The first kappa shape index (κ1) is 12.9. The number of likely N-dealkylation sites (N-methyl/N-ethyl adjacent to an activating group) is 1. The minimum Gasteiger partial charge on any atom is -0.395 e. The highest BCUT2D eigenvalue weighted by molar-refractivity contribution is 4.86. The largest absolute Gasteiger partial charge is 0.395 e. The SMILES string of the molecule is CC(C)C(N)C(CO)N1CCN(C)CC1. The van der Waals surface area contributed by atoms with Crippen molar-refractivity contribution >= 4 is 0 Å². The highest BCUT2D eigenvalue weighted by Crippen LogP contribution is 2.12. The van der Waals surface area contributed by atoms with Gasteiger partial charge >= 0.3 is 0 Å². The molecule has 0 radical (unpaired) electrons. The van der Waals surface area contributed by atoms with Crippen LogP contribution in [-0.2, 0) is 0 Å². The first-order valence-corrected chi connectivity index (χ1v) is 5.85. The zero-order valence-electron chi connectivity index (χ0n) is 10.2. The molecular weight excluding hydrogens is 190 g/mol. The fourth-order valence-electron chi connectivity index (χ4n) is 2.08. The molecular formula is C11H25N3O. The lowest BCUT2D eigenvalue weighted by molar-refractivity contribution is 0.0533. The Labute approximate surface area is 93.0 Å². The van der Waals surface area contributed by atoms with Crippen molar-refractivity contribution in [3.8, 4) is 0 Å². The summed E-state index contributed by atoms with van der Waals surface area (Å²) in [5, 5.41) is 9.43. The number of nitrogens with zero attached hydrogens (tertiary/aromatic N) is 2. The van der Waals surface area contributed by atoms with Gasteiger partial charge in [0.2, 0.25) is 0 Å². The molecule has 1 fully saturated rings. The summed E-state index contributed by atoms with van der Waals surface area (Å²) < 4.78 is 0. The van der Waals surface area contributed by atoms with Crippen LogP contribution in [0.3, 0.4) is 0 Å². The predicted octanol–water partition coefficient (Wildman–Crippen LogP) is -0.422. The summed E-state index contributed by atoms with van der Waals surface area (Å²) in [4.78, 5) is 4.64. The fraction of sp³-hybridized carbons (Fsp3) is 1.00. The minimum absolute atomic E-state index is 0.0680. The molecule has 1 rings (SSSR count). The van der Waals surface area contributed by atoms with Crippen LogP contribution < -0.4 is 5.73 Å². The van der Waals surface area contributed by atoms with E-state index < -0.39 is 0 Å². The smallest absolute Gasteiger partial charge is 0.0602 e. The first-order valence-electron chi connectivity index (χ1n) is 5.85. The molecule has 0 aliphatic carbocycles. The highest BCUT2D eigenvalue weighted by Gasteiger charge is 2.28. The number of piperazine rings is 1. The zero-order chi connectivity index (χ0) is 11.4. The van der Waals surface area contributed by atoms with Crippen molar-refractivity contribution in [3.63, 3.8) is 0 Å². The normalized spacial score (nSPS) is 24.4. The average molecular weight is 215 g/mol. The van der Waals surface area contributed by atoms with Crippen molar-refractivity contribution in [1.82, 2.24) is 9.80 Å². The van der Waals surface area contributed by atoms with E-state index in [2.05, 4.69) is 30.7 Å². The summed E-state index contributed by atoms with van der Waals surface area (Å²) in [7, 11) is 2.13.